The molecule has 0 bridgehead atoms. The van der Waals surface area contributed by atoms with Gasteiger partial charge >= 0.3 is 5.97 Å². The number of ether oxygens (including phenoxy) is 1. The lowest BCUT2D eigenvalue weighted by molar-refractivity contribution is -0.131. The number of aromatic nitrogens is 3. The molecule has 1 heterocycles. The highest BCUT2D eigenvalue weighted by Crippen LogP contribution is 2.25. The van der Waals surface area contributed by atoms with Crippen LogP contribution in [0.25, 0.3) is 0 Å². The predicted octanol–water partition coefficient (Wildman–Crippen LogP) is 2.69. The van der Waals surface area contributed by atoms with Gasteiger partial charge in [-0.25, -0.2) is 9.67 Å². The lowest BCUT2D eigenvalue weighted by Crippen LogP contribution is -2.22. The van der Waals surface area contributed by atoms with E-state index < -0.39 is 0 Å². The molecule has 1 atom stereocenters. The van der Waals surface area contributed by atoms with E-state index in [1.165, 1.54) is 6.92 Å². The van der Waals surface area contributed by atoms with Crippen LogP contribution in [0.5, 0.6) is 5.75 Å². The van der Waals surface area contributed by atoms with Crippen LogP contribution in [0.1, 0.15) is 49.3 Å². The van der Waals surface area contributed by atoms with Crippen molar-refractivity contribution in [2.24, 2.45) is 0 Å². The molecule has 1 aromatic heterocycles. The van der Waals surface area contributed by atoms with E-state index in [-0.39, 0.29) is 12.0 Å². The van der Waals surface area contributed by atoms with Crippen molar-refractivity contribution in [1.29, 1.82) is 0 Å². The maximum Gasteiger partial charge on any atom is 0.308 e. The zero-order valence-corrected chi connectivity index (χ0v) is 14.4. The molecule has 0 fully saturated rings. The van der Waals surface area contributed by atoms with Crippen LogP contribution in [-0.4, -0.2) is 20.7 Å². The van der Waals surface area contributed by atoms with Crippen LogP contribution in [0.15, 0.2) is 18.5 Å². The van der Waals surface area contributed by atoms with Crippen molar-refractivity contribution in [3.8, 4) is 5.75 Å². The van der Waals surface area contributed by atoms with Gasteiger partial charge in [-0.15, -0.1) is 0 Å². The summed E-state index contributed by atoms with van der Waals surface area (Å²) >= 11 is 0. The molecule has 0 saturated heterocycles. The van der Waals surface area contributed by atoms with Crippen LogP contribution in [0, 0.1) is 13.8 Å². The van der Waals surface area contributed by atoms with Crippen molar-refractivity contribution >= 4 is 5.97 Å². The third-order valence-corrected chi connectivity index (χ3v) is 3.71. The summed E-state index contributed by atoms with van der Waals surface area (Å²) in [5.41, 5.74) is 3.06. The fourth-order valence-corrected chi connectivity index (χ4v) is 2.66. The van der Waals surface area contributed by atoms with Gasteiger partial charge in [0.05, 0.1) is 6.04 Å². The van der Waals surface area contributed by atoms with Crippen molar-refractivity contribution in [3.63, 3.8) is 0 Å². The number of rotatable bonds is 6. The van der Waals surface area contributed by atoms with Crippen LogP contribution in [0.2, 0.25) is 0 Å². The van der Waals surface area contributed by atoms with Gasteiger partial charge in [-0.05, 0) is 44.4 Å². The number of nitrogens with zero attached hydrogens (tertiary/aromatic N) is 3. The van der Waals surface area contributed by atoms with Crippen LogP contribution in [0.3, 0.4) is 0 Å². The van der Waals surface area contributed by atoms with Gasteiger partial charge in [-0.2, -0.15) is 5.10 Å². The zero-order chi connectivity index (χ0) is 17.0. The Balaban J connectivity index is 2.07. The van der Waals surface area contributed by atoms with Crippen molar-refractivity contribution in [3.05, 3.63) is 41.0 Å². The quantitative estimate of drug-likeness (QED) is 0.655. The Morgan fingerprint density at radius 1 is 1.35 bits per heavy atom. The Morgan fingerprint density at radius 2 is 2.00 bits per heavy atom. The monoisotopic (exact) mass is 316 g/mol. The molecular formula is C17H24N4O2. The molecular weight excluding hydrogens is 292 g/mol. The Hall–Kier alpha value is -2.21. The summed E-state index contributed by atoms with van der Waals surface area (Å²) in [7, 11) is 0. The minimum Gasteiger partial charge on any atom is -0.426 e. The summed E-state index contributed by atoms with van der Waals surface area (Å²) in [6, 6.07) is 4.18. The second-order valence-corrected chi connectivity index (χ2v) is 5.69. The molecule has 0 aliphatic heterocycles. The SMILES string of the molecule is CCn1ncnc1[C@@H](C)NCc1cc(C)c(OC(C)=O)c(C)c1. The molecule has 2 rings (SSSR count). The molecule has 0 amide bonds. The van der Waals surface area contributed by atoms with Crippen LogP contribution in [-0.2, 0) is 17.9 Å². The second kappa shape index (κ2) is 7.37. The number of hydrogen-bond acceptors (Lipinski definition) is 5. The lowest BCUT2D eigenvalue weighted by atomic mass is 10.1. The van der Waals surface area contributed by atoms with E-state index in [1.807, 2.05) is 37.6 Å². The topological polar surface area (TPSA) is 69.0 Å². The molecule has 0 spiro atoms. The van der Waals surface area contributed by atoms with Gasteiger partial charge < -0.3 is 10.1 Å². The second-order valence-electron chi connectivity index (χ2n) is 5.69. The van der Waals surface area contributed by atoms with Crippen molar-refractivity contribution in [2.75, 3.05) is 0 Å². The van der Waals surface area contributed by atoms with E-state index in [9.17, 15) is 4.79 Å². The van der Waals surface area contributed by atoms with Crippen molar-refractivity contribution < 1.29 is 9.53 Å². The third-order valence-electron chi connectivity index (χ3n) is 3.71. The van der Waals surface area contributed by atoms with E-state index >= 15 is 0 Å². The first-order chi connectivity index (χ1) is 10.9. The standard InChI is InChI=1S/C17H24N4O2/c1-6-21-17(19-10-20-21)13(4)18-9-15-7-11(2)16(12(3)8-15)23-14(5)22/h7-8,10,13,18H,6,9H2,1-5H3/t13-/m1/s1. The number of carbonyl (C=O) groups excluding carboxylic acids is 1. The molecule has 0 aliphatic rings. The molecule has 2 aromatic rings. The average Bonchev–Trinajstić information content (AvgIpc) is 2.97. The summed E-state index contributed by atoms with van der Waals surface area (Å²) in [4.78, 5) is 15.5. The number of esters is 1. The summed E-state index contributed by atoms with van der Waals surface area (Å²) in [6.07, 6.45) is 1.58. The number of hydrogen-bond donors (Lipinski definition) is 1. The number of aryl methyl sites for hydroxylation is 3. The third kappa shape index (κ3) is 4.16. The zero-order valence-electron chi connectivity index (χ0n) is 14.4. The van der Waals surface area contributed by atoms with Crippen molar-refractivity contribution in [2.45, 2.75) is 53.8 Å². The van der Waals surface area contributed by atoms with E-state index in [0.717, 1.165) is 29.1 Å². The average molecular weight is 316 g/mol. The Kier molecular flexibility index (Phi) is 5.50. The summed E-state index contributed by atoms with van der Waals surface area (Å²) in [6.45, 7) is 10.9. The molecule has 0 saturated carbocycles. The minimum absolute atomic E-state index is 0.103. The molecule has 0 aliphatic carbocycles. The van der Waals surface area contributed by atoms with Gasteiger partial charge in [0.25, 0.3) is 0 Å². The highest BCUT2D eigenvalue weighted by atomic mass is 16.5. The largest absolute Gasteiger partial charge is 0.426 e. The molecule has 23 heavy (non-hydrogen) atoms. The lowest BCUT2D eigenvalue weighted by Gasteiger charge is -2.16. The predicted molar refractivity (Wildman–Crippen MR) is 88.2 cm³/mol. The number of carbonyl (C=O) groups is 1. The van der Waals surface area contributed by atoms with Gasteiger partial charge in [0.15, 0.2) is 0 Å². The summed E-state index contributed by atoms with van der Waals surface area (Å²) < 4.78 is 7.15. The Morgan fingerprint density at radius 3 is 2.57 bits per heavy atom. The van der Waals surface area contributed by atoms with E-state index in [2.05, 4.69) is 22.3 Å². The van der Waals surface area contributed by atoms with Crippen LogP contribution < -0.4 is 10.1 Å². The molecule has 0 radical (unpaired) electrons. The fraction of sp³-hybridized carbons (Fsp3) is 0.471. The van der Waals surface area contributed by atoms with Crippen molar-refractivity contribution in [1.82, 2.24) is 20.1 Å². The molecule has 1 aromatic carbocycles. The molecule has 124 valence electrons. The minimum atomic E-state index is -0.297. The number of benzene rings is 1. The first-order valence-corrected chi connectivity index (χ1v) is 7.82. The van der Waals surface area contributed by atoms with Gasteiger partial charge in [0.1, 0.15) is 17.9 Å². The highest BCUT2D eigenvalue weighted by Gasteiger charge is 2.13. The Bertz CT molecular complexity index is 671. The highest BCUT2D eigenvalue weighted by molar-refractivity contribution is 5.70. The summed E-state index contributed by atoms with van der Waals surface area (Å²) in [5, 5.41) is 7.65. The summed E-state index contributed by atoms with van der Waals surface area (Å²) in [5.74, 6) is 1.28. The normalized spacial score (nSPS) is 12.2. The van der Waals surface area contributed by atoms with E-state index in [1.54, 1.807) is 6.33 Å². The first-order valence-electron chi connectivity index (χ1n) is 7.82. The molecule has 1 N–H and O–H groups in total. The van der Waals surface area contributed by atoms with E-state index in [0.29, 0.717) is 12.3 Å². The molecule has 6 nitrogen and oxygen atoms in total. The maximum absolute atomic E-state index is 11.2. The molecule has 6 heteroatoms. The number of nitrogens with one attached hydrogen (secondary N) is 1. The van der Waals surface area contributed by atoms with E-state index in [4.69, 9.17) is 4.74 Å². The van der Waals surface area contributed by atoms with Gasteiger partial charge in [-0.3, -0.25) is 4.79 Å². The fourth-order valence-electron chi connectivity index (χ4n) is 2.66. The van der Waals surface area contributed by atoms with Crippen LogP contribution in [0.4, 0.5) is 0 Å². The molecule has 0 unspecified atom stereocenters. The first kappa shape index (κ1) is 17.1. The van der Waals surface area contributed by atoms with Gasteiger partial charge in [0.2, 0.25) is 0 Å². The van der Waals surface area contributed by atoms with Gasteiger partial charge in [0, 0.05) is 20.0 Å². The Labute approximate surface area is 136 Å². The van der Waals surface area contributed by atoms with Crippen LogP contribution >= 0.6 is 0 Å². The maximum atomic E-state index is 11.2. The smallest absolute Gasteiger partial charge is 0.308 e. The van der Waals surface area contributed by atoms with Gasteiger partial charge in [-0.1, -0.05) is 12.1 Å².